The lowest BCUT2D eigenvalue weighted by atomic mass is 9.99. The van der Waals surface area contributed by atoms with Gasteiger partial charge in [-0.2, -0.15) is 4.31 Å². The summed E-state index contributed by atoms with van der Waals surface area (Å²) in [6, 6.07) is 7.09. The summed E-state index contributed by atoms with van der Waals surface area (Å²) in [5, 5.41) is 2.86. The Morgan fingerprint density at radius 1 is 1.24 bits per heavy atom. The normalized spacial score (nSPS) is 18.9. The Labute approximate surface area is 202 Å². The number of benzene rings is 1. The topological polar surface area (TPSA) is 99.9 Å². The summed E-state index contributed by atoms with van der Waals surface area (Å²) in [6.45, 7) is 4.79. The molecule has 2 aromatic rings. The average Bonchev–Trinajstić information content (AvgIpc) is 3.42. The molecule has 1 N–H and O–H groups in total. The summed E-state index contributed by atoms with van der Waals surface area (Å²) in [5.74, 6) is 0.693. The van der Waals surface area contributed by atoms with Gasteiger partial charge in [-0.05, 0) is 56.0 Å². The second-order valence-corrected chi connectivity index (χ2v) is 11.3. The van der Waals surface area contributed by atoms with Gasteiger partial charge in [0.2, 0.25) is 21.8 Å². The first-order valence-electron chi connectivity index (χ1n) is 11.2. The van der Waals surface area contributed by atoms with E-state index in [2.05, 4.69) is 21.2 Å². The summed E-state index contributed by atoms with van der Waals surface area (Å²) in [4.78, 5) is 27.0. The van der Waals surface area contributed by atoms with Crippen molar-refractivity contribution in [3.8, 4) is 0 Å². The third kappa shape index (κ3) is 4.88. The predicted molar refractivity (Wildman–Crippen MR) is 127 cm³/mol. The van der Waals surface area contributed by atoms with Gasteiger partial charge in [0.1, 0.15) is 16.4 Å². The van der Waals surface area contributed by atoms with E-state index in [1.807, 2.05) is 25.1 Å². The fraction of sp³-hybridized carbons (Fsp3) is 0.478. The van der Waals surface area contributed by atoms with Crippen LogP contribution < -0.4 is 10.2 Å². The van der Waals surface area contributed by atoms with Crippen molar-refractivity contribution < 1.29 is 22.4 Å². The number of aryl methyl sites for hydroxylation is 1. The third-order valence-corrected chi connectivity index (χ3v) is 8.54. The minimum Gasteiger partial charge on any atom is -0.465 e. The smallest absolute Gasteiger partial charge is 0.245 e. The average molecular weight is 538 g/mol. The molecule has 0 radical (unpaired) electrons. The van der Waals surface area contributed by atoms with Gasteiger partial charge < -0.3 is 14.6 Å². The summed E-state index contributed by atoms with van der Waals surface area (Å²) < 4.78 is 35.0. The zero-order chi connectivity index (χ0) is 23.8. The van der Waals surface area contributed by atoms with Crippen molar-refractivity contribution in [2.24, 2.45) is 5.92 Å². The van der Waals surface area contributed by atoms with Gasteiger partial charge in [0.15, 0.2) is 0 Å². The molecule has 1 fully saturated rings. The number of carbonyl (C=O) groups is 2. The molecule has 1 atom stereocenters. The van der Waals surface area contributed by atoms with E-state index in [1.54, 1.807) is 17.9 Å². The molecule has 2 aliphatic rings. The van der Waals surface area contributed by atoms with Gasteiger partial charge >= 0.3 is 0 Å². The lowest BCUT2D eigenvalue weighted by Crippen LogP contribution is -2.45. The molecule has 4 rings (SSSR count). The van der Waals surface area contributed by atoms with Crippen LogP contribution in [0.2, 0.25) is 0 Å². The Morgan fingerprint density at radius 2 is 2.03 bits per heavy atom. The summed E-state index contributed by atoms with van der Waals surface area (Å²) in [5.41, 5.74) is 1.31. The molecule has 33 heavy (non-hydrogen) atoms. The lowest BCUT2D eigenvalue weighted by Gasteiger charge is -2.32. The Balaban J connectivity index is 1.55. The number of carbonyl (C=O) groups excluding carboxylic acids is 2. The number of nitrogens with zero attached hydrogens (tertiary/aromatic N) is 2. The number of anilines is 1. The lowest BCUT2D eigenvalue weighted by molar-refractivity contribution is -0.126. The fourth-order valence-electron chi connectivity index (χ4n) is 4.52. The Bertz CT molecular complexity index is 1180. The fourth-order valence-corrected chi connectivity index (χ4v) is 6.96. The Hall–Kier alpha value is -2.17. The molecule has 1 saturated heterocycles. The molecular formula is C23H28BrN3O5S. The quantitative estimate of drug-likeness (QED) is 0.608. The van der Waals surface area contributed by atoms with Gasteiger partial charge in [0.05, 0.1) is 18.2 Å². The summed E-state index contributed by atoms with van der Waals surface area (Å²) in [6.07, 6.45) is 2.12. The zero-order valence-electron chi connectivity index (χ0n) is 18.8. The molecule has 8 nitrogen and oxygen atoms in total. The number of nitrogens with one attached hydrogen (secondary N) is 1. The number of hydrogen-bond acceptors (Lipinski definition) is 5. The number of halogens is 1. The van der Waals surface area contributed by atoms with Crippen molar-refractivity contribution >= 4 is 43.5 Å². The molecule has 0 spiro atoms. The molecule has 0 unspecified atom stereocenters. The van der Waals surface area contributed by atoms with Crippen LogP contribution in [-0.4, -0.2) is 44.2 Å². The van der Waals surface area contributed by atoms with Crippen molar-refractivity contribution in [1.82, 2.24) is 9.62 Å². The second-order valence-electron chi connectivity index (χ2n) is 8.49. The Morgan fingerprint density at radius 3 is 2.73 bits per heavy atom. The highest BCUT2D eigenvalue weighted by atomic mass is 79.9. The van der Waals surface area contributed by atoms with E-state index in [4.69, 9.17) is 4.42 Å². The molecule has 0 bridgehead atoms. The van der Waals surface area contributed by atoms with E-state index < -0.39 is 15.9 Å². The van der Waals surface area contributed by atoms with Crippen LogP contribution in [-0.2, 0) is 32.6 Å². The number of amides is 2. The van der Waals surface area contributed by atoms with Crippen LogP contribution in [0.1, 0.15) is 43.3 Å². The standard InChI is InChI=1S/C23H28BrN3O5S/c1-3-21(28)27-10-8-16-11-18(24)12-20(22(16)27)33(30,31)26-9-4-5-17(14-26)23(29)25-13-19-7-6-15(2)32-19/h6-7,11-12,17H,3-5,8-10,13-14H2,1-2H3,(H,25,29)/t17-/m1/s1. The highest BCUT2D eigenvalue weighted by molar-refractivity contribution is 9.10. The van der Waals surface area contributed by atoms with Crippen molar-refractivity contribution in [3.05, 3.63) is 45.8 Å². The maximum absolute atomic E-state index is 13.7. The molecule has 1 aromatic carbocycles. The number of piperidine rings is 1. The van der Waals surface area contributed by atoms with Crippen LogP contribution in [0.15, 0.2) is 38.1 Å². The number of rotatable bonds is 6. The molecule has 3 heterocycles. The minimum absolute atomic E-state index is 0.100. The van der Waals surface area contributed by atoms with Gasteiger partial charge in [-0.15, -0.1) is 0 Å². The monoisotopic (exact) mass is 537 g/mol. The van der Waals surface area contributed by atoms with Crippen LogP contribution in [0.4, 0.5) is 5.69 Å². The molecule has 2 amide bonds. The maximum Gasteiger partial charge on any atom is 0.245 e. The summed E-state index contributed by atoms with van der Waals surface area (Å²) in [7, 11) is -3.90. The van der Waals surface area contributed by atoms with Crippen molar-refractivity contribution in [2.75, 3.05) is 24.5 Å². The number of fused-ring (bicyclic) bond motifs is 1. The molecule has 1 aromatic heterocycles. The number of sulfonamides is 1. The second kappa shape index (κ2) is 9.60. The third-order valence-electron chi connectivity index (χ3n) is 6.20. The van der Waals surface area contributed by atoms with Gasteiger partial charge in [0, 0.05) is 30.5 Å². The van der Waals surface area contributed by atoms with Crippen LogP contribution in [0, 0.1) is 12.8 Å². The van der Waals surface area contributed by atoms with Crippen molar-refractivity contribution in [2.45, 2.75) is 51.0 Å². The molecular weight excluding hydrogens is 510 g/mol. The van der Waals surface area contributed by atoms with Gasteiger partial charge in [-0.3, -0.25) is 9.59 Å². The maximum atomic E-state index is 13.7. The van der Waals surface area contributed by atoms with Gasteiger partial charge in [0.25, 0.3) is 0 Å². The van der Waals surface area contributed by atoms with Crippen LogP contribution >= 0.6 is 15.9 Å². The summed E-state index contributed by atoms with van der Waals surface area (Å²) >= 11 is 3.43. The van der Waals surface area contributed by atoms with E-state index in [1.165, 1.54) is 4.31 Å². The van der Waals surface area contributed by atoms with Gasteiger partial charge in [-0.25, -0.2) is 8.42 Å². The SMILES string of the molecule is CCC(=O)N1CCc2cc(Br)cc(S(=O)(=O)N3CCC[C@@H](C(=O)NCc4ccc(C)o4)C3)c21. The zero-order valence-corrected chi connectivity index (χ0v) is 21.2. The molecule has 0 aliphatic carbocycles. The van der Waals surface area contributed by atoms with E-state index >= 15 is 0 Å². The Kier molecular flexibility index (Phi) is 6.97. The molecule has 178 valence electrons. The van der Waals surface area contributed by atoms with E-state index in [0.717, 1.165) is 11.3 Å². The largest absolute Gasteiger partial charge is 0.465 e. The van der Waals surface area contributed by atoms with Crippen LogP contribution in [0.5, 0.6) is 0 Å². The highest BCUT2D eigenvalue weighted by Crippen LogP contribution is 2.39. The minimum atomic E-state index is -3.90. The first-order chi connectivity index (χ1) is 15.7. The van der Waals surface area contributed by atoms with E-state index in [9.17, 15) is 18.0 Å². The predicted octanol–water partition coefficient (Wildman–Crippen LogP) is 3.37. The molecule has 10 heteroatoms. The number of furan rings is 1. The van der Waals surface area contributed by atoms with Crippen molar-refractivity contribution in [3.63, 3.8) is 0 Å². The van der Waals surface area contributed by atoms with Gasteiger partial charge in [-0.1, -0.05) is 22.9 Å². The van der Waals surface area contributed by atoms with E-state index in [-0.39, 0.29) is 29.8 Å². The first kappa shape index (κ1) is 24.0. The van der Waals surface area contributed by atoms with Crippen LogP contribution in [0.25, 0.3) is 0 Å². The van der Waals surface area contributed by atoms with Crippen molar-refractivity contribution in [1.29, 1.82) is 0 Å². The first-order valence-corrected chi connectivity index (χ1v) is 13.4. The van der Waals surface area contributed by atoms with E-state index in [0.29, 0.717) is 54.7 Å². The number of hydrogen-bond donors (Lipinski definition) is 1. The molecule has 2 aliphatic heterocycles. The highest BCUT2D eigenvalue weighted by Gasteiger charge is 2.38. The molecule has 0 saturated carbocycles. The van der Waals surface area contributed by atoms with Crippen LogP contribution in [0.3, 0.4) is 0 Å².